The molecule has 1 aliphatic rings. The lowest BCUT2D eigenvalue weighted by molar-refractivity contribution is 0.129. The zero-order chi connectivity index (χ0) is 21.0. The van der Waals surface area contributed by atoms with E-state index in [1.165, 1.54) is 4.90 Å². The Balaban J connectivity index is 1.57. The van der Waals surface area contributed by atoms with Crippen molar-refractivity contribution in [2.45, 2.75) is 37.6 Å². The molecule has 6 nitrogen and oxygen atoms in total. The number of thioether (sulfide) groups is 1. The average molecular weight is 444 g/mol. The molecule has 0 unspecified atom stereocenters. The van der Waals surface area contributed by atoms with Crippen LogP contribution in [0.3, 0.4) is 0 Å². The van der Waals surface area contributed by atoms with E-state index in [0.717, 1.165) is 57.9 Å². The average Bonchev–Trinajstić information content (AvgIpc) is 2.73. The molecule has 29 heavy (non-hydrogen) atoms. The van der Waals surface area contributed by atoms with Crippen molar-refractivity contribution < 1.29 is 13.6 Å². The summed E-state index contributed by atoms with van der Waals surface area (Å²) < 4.78 is 23.3. The molecular formula is C21H38N3O3PS. The van der Waals surface area contributed by atoms with Crippen LogP contribution < -0.4 is 5.73 Å². The summed E-state index contributed by atoms with van der Waals surface area (Å²) in [6.07, 6.45) is 2.38. The zero-order valence-electron chi connectivity index (χ0n) is 18.0. The Morgan fingerprint density at radius 3 is 2.21 bits per heavy atom. The molecule has 1 heterocycles. The molecule has 1 aromatic rings. The maximum atomic E-state index is 12.5. The molecule has 0 aliphatic carbocycles. The Morgan fingerprint density at radius 1 is 1.03 bits per heavy atom. The molecule has 0 aromatic heterocycles. The molecule has 166 valence electrons. The Labute approximate surface area is 181 Å². The maximum Gasteiger partial charge on any atom is 0.330 e. The highest BCUT2D eigenvalue weighted by Crippen LogP contribution is 2.48. The van der Waals surface area contributed by atoms with Crippen LogP contribution in [0.1, 0.15) is 26.7 Å². The summed E-state index contributed by atoms with van der Waals surface area (Å²) in [5.74, 6) is 0.962. The SMILES string of the molecule is CCOP(=O)(CCCN1CCN(CC[C@@H](N)CSc2ccccc2)CC1)OCC. The monoisotopic (exact) mass is 443 g/mol. The molecule has 1 aliphatic heterocycles. The maximum absolute atomic E-state index is 12.5. The largest absolute Gasteiger partial charge is 0.330 e. The van der Waals surface area contributed by atoms with Crippen LogP contribution in [0.25, 0.3) is 0 Å². The van der Waals surface area contributed by atoms with Crippen molar-refractivity contribution in [1.29, 1.82) is 0 Å². The van der Waals surface area contributed by atoms with Crippen LogP contribution in [-0.2, 0) is 13.6 Å². The van der Waals surface area contributed by atoms with Crippen LogP contribution in [-0.4, -0.2) is 80.2 Å². The summed E-state index contributed by atoms with van der Waals surface area (Å²) in [6.45, 7) is 10.9. The molecule has 8 heteroatoms. The first-order valence-corrected chi connectivity index (χ1v) is 13.5. The van der Waals surface area contributed by atoms with Gasteiger partial charge in [0.2, 0.25) is 0 Å². The van der Waals surface area contributed by atoms with Gasteiger partial charge in [-0.25, -0.2) is 0 Å². The minimum atomic E-state index is -2.90. The summed E-state index contributed by atoms with van der Waals surface area (Å²) >= 11 is 1.84. The third-order valence-electron chi connectivity index (χ3n) is 5.05. The second-order valence-corrected chi connectivity index (χ2v) is 10.7. The van der Waals surface area contributed by atoms with E-state index in [0.29, 0.717) is 19.4 Å². The van der Waals surface area contributed by atoms with Crippen molar-refractivity contribution in [1.82, 2.24) is 9.80 Å². The highest BCUT2D eigenvalue weighted by atomic mass is 32.2. The number of piperazine rings is 1. The Morgan fingerprint density at radius 2 is 1.62 bits per heavy atom. The highest BCUT2D eigenvalue weighted by Gasteiger charge is 2.24. The molecule has 1 fully saturated rings. The van der Waals surface area contributed by atoms with E-state index in [-0.39, 0.29) is 6.04 Å². The summed E-state index contributed by atoms with van der Waals surface area (Å²) in [5.41, 5.74) is 6.31. The van der Waals surface area contributed by atoms with Gasteiger partial charge < -0.3 is 24.6 Å². The second-order valence-electron chi connectivity index (χ2n) is 7.38. The third-order valence-corrected chi connectivity index (χ3v) is 8.41. The van der Waals surface area contributed by atoms with Crippen LogP contribution in [0.15, 0.2) is 35.2 Å². The van der Waals surface area contributed by atoms with Crippen molar-refractivity contribution in [3.63, 3.8) is 0 Å². The van der Waals surface area contributed by atoms with Crippen molar-refractivity contribution in [3.05, 3.63) is 30.3 Å². The lowest BCUT2D eigenvalue weighted by atomic mass is 10.2. The van der Waals surface area contributed by atoms with Gasteiger partial charge >= 0.3 is 7.60 Å². The van der Waals surface area contributed by atoms with Gasteiger partial charge in [-0.05, 0) is 51.9 Å². The molecule has 1 saturated heterocycles. The van der Waals surface area contributed by atoms with E-state index in [2.05, 4.69) is 34.1 Å². The van der Waals surface area contributed by atoms with Gasteiger partial charge in [-0.2, -0.15) is 0 Å². The fourth-order valence-corrected chi connectivity index (χ4v) is 6.01. The van der Waals surface area contributed by atoms with E-state index in [1.54, 1.807) is 0 Å². The van der Waals surface area contributed by atoms with E-state index in [9.17, 15) is 4.57 Å². The van der Waals surface area contributed by atoms with Gasteiger partial charge in [0.15, 0.2) is 0 Å². The number of benzene rings is 1. The minimum absolute atomic E-state index is 0.226. The molecule has 2 rings (SSSR count). The van der Waals surface area contributed by atoms with Crippen LogP contribution in [0.2, 0.25) is 0 Å². The normalized spacial score (nSPS) is 17.5. The summed E-state index contributed by atoms with van der Waals surface area (Å²) in [7, 11) is -2.90. The standard InChI is InChI=1S/C21H38N3O3PS/c1-3-26-28(25,27-4-2)18-8-12-23-14-16-24(17-15-23)13-11-20(22)19-29-21-9-6-5-7-10-21/h5-7,9-10,20H,3-4,8,11-19,22H2,1-2H3/t20-/m1/s1. The molecule has 1 atom stereocenters. The number of nitrogens with two attached hydrogens (primary N) is 1. The molecule has 0 bridgehead atoms. The Bertz CT molecular complexity index is 590. The number of nitrogens with zero attached hydrogens (tertiary/aromatic N) is 2. The fourth-order valence-electron chi connectivity index (χ4n) is 3.44. The first kappa shape index (κ1) is 24.9. The minimum Gasteiger partial charge on any atom is -0.327 e. The summed E-state index contributed by atoms with van der Waals surface area (Å²) in [4.78, 5) is 6.24. The Hall–Kier alpha value is -0.400. The van der Waals surface area contributed by atoms with Gasteiger partial charge in [0.25, 0.3) is 0 Å². The molecule has 0 amide bonds. The fraction of sp³-hybridized carbons (Fsp3) is 0.714. The molecule has 2 N–H and O–H groups in total. The van der Waals surface area contributed by atoms with E-state index in [1.807, 2.05) is 31.7 Å². The molecule has 0 spiro atoms. The highest BCUT2D eigenvalue weighted by molar-refractivity contribution is 7.99. The molecular weight excluding hydrogens is 405 g/mol. The lowest BCUT2D eigenvalue weighted by Gasteiger charge is -2.35. The lowest BCUT2D eigenvalue weighted by Crippen LogP contribution is -2.47. The summed E-state index contributed by atoms with van der Waals surface area (Å²) in [5, 5.41) is 0. The van der Waals surface area contributed by atoms with Crippen molar-refractivity contribution in [2.24, 2.45) is 5.73 Å². The van der Waals surface area contributed by atoms with Gasteiger partial charge in [0.05, 0.1) is 19.4 Å². The quantitative estimate of drug-likeness (QED) is 0.347. The number of hydrogen-bond donors (Lipinski definition) is 1. The molecule has 0 saturated carbocycles. The van der Waals surface area contributed by atoms with E-state index >= 15 is 0 Å². The van der Waals surface area contributed by atoms with Crippen LogP contribution in [0.5, 0.6) is 0 Å². The van der Waals surface area contributed by atoms with Gasteiger partial charge in [0, 0.05) is 42.9 Å². The van der Waals surface area contributed by atoms with Gasteiger partial charge in [-0.15, -0.1) is 11.8 Å². The third kappa shape index (κ3) is 9.97. The van der Waals surface area contributed by atoms with E-state index in [4.69, 9.17) is 14.8 Å². The second kappa shape index (κ2) is 13.8. The predicted molar refractivity (Wildman–Crippen MR) is 123 cm³/mol. The first-order chi connectivity index (χ1) is 14.0. The summed E-state index contributed by atoms with van der Waals surface area (Å²) in [6, 6.07) is 10.7. The molecule has 0 radical (unpaired) electrons. The van der Waals surface area contributed by atoms with Crippen molar-refractivity contribution in [2.75, 3.05) is 64.4 Å². The molecule has 1 aromatic carbocycles. The van der Waals surface area contributed by atoms with Crippen molar-refractivity contribution >= 4 is 19.4 Å². The van der Waals surface area contributed by atoms with Crippen molar-refractivity contribution in [3.8, 4) is 0 Å². The zero-order valence-corrected chi connectivity index (χ0v) is 19.7. The van der Waals surface area contributed by atoms with Gasteiger partial charge in [0.1, 0.15) is 0 Å². The van der Waals surface area contributed by atoms with Crippen LogP contribution >= 0.6 is 19.4 Å². The Kier molecular flexibility index (Phi) is 11.8. The van der Waals surface area contributed by atoms with Crippen LogP contribution in [0.4, 0.5) is 0 Å². The number of hydrogen-bond acceptors (Lipinski definition) is 7. The topological polar surface area (TPSA) is 68.0 Å². The van der Waals surface area contributed by atoms with Gasteiger partial charge in [-0.1, -0.05) is 18.2 Å². The smallest absolute Gasteiger partial charge is 0.327 e. The first-order valence-electron chi connectivity index (χ1n) is 10.8. The van der Waals surface area contributed by atoms with Gasteiger partial charge in [-0.3, -0.25) is 4.57 Å². The van der Waals surface area contributed by atoms with E-state index < -0.39 is 7.60 Å². The predicted octanol–water partition coefficient (Wildman–Crippen LogP) is 3.77. The number of rotatable bonds is 14. The van der Waals surface area contributed by atoms with Crippen LogP contribution in [0, 0.1) is 0 Å².